The zero-order valence-corrected chi connectivity index (χ0v) is 11.8. The predicted octanol–water partition coefficient (Wildman–Crippen LogP) is 2.52. The molecule has 104 valence electrons. The Kier molecular flexibility index (Phi) is 3.60. The van der Waals surface area contributed by atoms with Crippen LogP contribution in [0.15, 0.2) is 18.3 Å². The minimum Gasteiger partial charge on any atom is -0.478 e. The van der Waals surface area contributed by atoms with Crippen LogP contribution in [0.5, 0.6) is 5.88 Å². The molecule has 3 rings (SSSR count). The smallest absolute Gasteiger partial charge is 0.213 e. The number of hydrogen-bond acceptors (Lipinski definition) is 4. The number of aromatic nitrogens is 1. The van der Waals surface area contributed by atoms with Crippen molar-refractivity contribution in [1.82, 2.24) is 9.88 Å². The number of rotatable bonds is 4. The summed E-state index contributed by atoms with van der Waals surface area (Å²) in [6.45, 7) is 2.64. The summed E-state index contributed by atoms with van der Waals surface area (Å²) in [6.07, 6.45) is 7.10. The van der Waals surface area contributed by atoms with E-state index >= 15 is 0 Å². The van der Waals surface area contributed by atoms with E-state index in [2.05, 4.69) is 28.3 Å². The number of piperidine rings is 1. The summed E-state index contributed by atoms with van der Waals surface area (Å²) in [7, 11) is 2.27. The van der Waals surface area contributed by atoms with Crippen LogP contribution in [0.2, 0.25) is 0 Å². The largest absolute Gasteiger partial charge is 0.478 e. The fraction of sp³-hybridized carbons (Fsp3) is 0.667. The molecule has 0 aliphatic carbocycles. The minimum atomic E-state index is 0.591. The first-order valence-electron chi connectivity index (χ1n) is 7.33. The maximum absolute atomic E-state index is 5.36. The number of nitrogens with one attached hydrogen (secondary N) is 1. The standard InChI is InChI=1S/C15H23N3O/c1-3-19-15-7-4-11(10-16-15)17-12-8-13-5-6-14(9-12)18(13)2/h4,7,10,12-14,17H,3,5-6,8-9H2,1-2H3. The van der Waals surface area contributed by atoms with Crippen molar-refractivity contribution in [3.05, 3.63) is 18.3 Å². The SMILES string of the molecule is CCOc1ccc(NC2CC3CCC(C2)N3C)cn1. The average Bonchev–Trinajstić information content (AvgIpc) is 2.64. The van der Waals surface area contributed by atoms with Crippen molar-refractivity contribution >= 4 is 5.69 Å². The molecule has 0 amide bonds. The van der Waals surface area contributed by atoms with E-state index < -0.39 is 0 Å². The molecule has 2 aliphatic heterocycles. The third-order valence-electron chi connectivity index (χ3n) is 4.50. The summed E-state index contributed by atoms with van der Waals surface area (Å²) < 4.78 is 5.36. The highest BCUT2D eigenvalue weighted by atomic mass is 16.5. The normalized spacial score (nSPS) is 30.3. The summed E-state index contributed by atoms with van der Waals surface area (Å²) in [5, 5.41) is 3.63. The predicted molar refractivity (Wildman–Crippen MR) is 76.6 cm³/mol. The Labute approximate surface area is 115 Å². The van der Waals surface area contributed by atoms with Crippen LogP contribution < -0.4 is 10.1 Å². The molecular weight excluding hydrogens is 238 g/mol. The average molecular weight is 261 g/mol. The number of ether oxygens (including phenoxy) is 1. The molecule has 2 atom stereocenters. The molecule has 0 aromatic carbocycles. The zero-order valence-electron chi connectivity index (χ0n) is 11.8. The van der Waals surface area contributed by atoms with Crippen LogP contribution >= 0.6 is 0 Å². The quantitative estimate of drug-likeness (QED) is 0.903. The Morgan fingerprint density at radius 2 is 2.05 bits per heavy atom. The van der Waals surface area contributed by atoms with Gasteiger partial charge in [0, 0.05) is 24.2 Å². The summed E-state index contributed by atoms with van der Waals surface area (Å²) in [6, 6.07) is 6.14. The Morgan fingerprint density at radius 3 is 2.63 bits per heavy atom. The lowest BCUT2D eigenvalue weighted by atomic mass is 9.98. The minimum absolute atomic E-state index is 0.591. The summed E-state index contributed by atoms with van der Waals surface area (Å²) in [4.78, 5) is 6.87. The molecule has 2 saturated heterocycles. The summed E-state index contributed by atoms with van der Waals surface area (Å²) >= 11 is 0. The lowest BCUT2D eigenvalue weighted by Crippen LogP contribution is -2.44. The highest BCUT2D eigenvalue weighted by molar-refractivity contribution is 5.43. The fourth-order valence-corrected chi connectivity index (χ4v) is 3.46. The van der Waals surface area contributed by atoms with Gasteiger partial charge in [-0.05, 0) is 45.7 Å². The maximum Gasteiger partial charge on any atom is 0.213 e. The molecule has 4 nitrogen and oxygen atoms in total. The van der Waals surface area contributed by atoms with Gasteiger partial charge in [-0.2, -0.15) is 0 Å². The van der Waals surface area contributed by atoms with Gasteiger partial charge in [-0.3, -0.25) is 0 Å². The van der Waals surface area contributed by atoms with E-state index in [9.17, 15) is 0 Å². The molecule has 0 saturated carbocycles. The van der Waals surface area contributed by atoms with E-state index in [0.717, 1.165) is 17.8 Å². The summed E-state index contributed by atoms with van der Waals surface area (Å²) in [5.41, 5.74) is 1.11. The van der Waals surface area contributed by atoms with Gasteiger partial charge >= 0.3 is 0 Å². The van der Waals surface area contributed by atoms with Crippen molar-refractivity contribution < 1.29 is 4.74 Å². The number of hydrogen-bond donors (Lipinski definition) is 1. The topological polar surface area (TPSA) is 37.4 Å². The first-order chi connectivity index (χ1) is 9.26. The molecule has 19 heavy (non-hydrogen) atoms. The van der Waals surface area contributed by atoms with Crippen LogP contribution in [0.4, 0.5) is 5.69 Å². The van der Waals surface area contributed by atoms with Crippen molar-refractivity contribution in [3.8, 4) is 5.88 Å². The highest BCUT2D eigenvalue weighted by Gasteiger charge is 2.38. The lowest BCUT2D eigenvalue weighted by Gasteiger charge is -2.37. The van der Waals surface area contributed by atoms with E-state index in [0.29, 0.717) is 18.5 Å². The Balaban J connectivity index is 1.59. The first kappa shape index (κ1) is 12.7. The third kappa shape index (κ3) is 2.68. The van der Waals surface area contributed by atoms with Gasteiger partial charge < -0.3 is 15.0 Å². The second-order valence-corrected chi connectivity index (χ2v) is 5.68. The Bertz CT molecular complexity index is 406. The monoisotopic (exact) mass is 261 g/mol. The zero-order chi connectivity index (χ0) is 13.2. The molecule has 2 unspecified atom stereocenters. The second-order valence-electron chi connectivity index (χ2n) is 5.68. The van der Waals surface area contributed by atoms with Gasteiger partial charge in [-0.15, -0.1) is 0 Å². The third-order valence-corrected chi connectivity index (χ3v) is 4.50. The van der Waals surface area contributed by atoms with E-state index in [1.807, 2.05) is 19.2 Å². The highest BCUT2D eigenvalue weighted by Crippen LogP contribution is 2.35. The van der Waals surface area contributed by atoms with Gasteiger partial charge in [0.25, 0.3) is 0 Å². The molecule has 2 aliphatic rings. The van der Waals surface area contributed by atoms with Crippen LogP contribution in [0.25, 0.3) is 0 Å². The second kappa shape index (κ2) is 5.37. The van der Waals surface area contributed by atoms with E-state index in [1.54, 1.807) is 0 Å². The molecule has 2 bridgehead atoms. The van der Waals surface area contributed by atoms with Crippen LogP contribution in [-0.2, 0) is 0 Å². The van der Waals surface area contributed by atoms with Gasteiger partial charge in [-0.25, -0.2) is 4.98 Å². The van der Waals surface area contributed by atoms with Crippen molar-refractivity contribution in [2.24, 2.45) is 0 Å². The van der Waals surface area contributed by atoms with Gasteiger partial charge in [0.2, 0.25) is 5.88 Å². The van der Waals surface area contributed by atoms with Crippen LogP contribution in [0, 0.1) is 0 Å². The van der Waals surface area contributed by atoms with Crippen LogP contribution in [-0.4, -0.2) is 41.7 Å². The molecule has 1 aromatic rings. The molecule has 0 spiro atoms. The van der Waals surface area contributed by atoms with E-state index in [4.69, 9.17) is 4.74 Å². The molecule has 4 heteroatoms. The van der Waals surface area contributed by atoms with Gasteiger partial charge in [0.05, 0.1) is 18.5 Å². The lowest BCUT2D eigenvalue weighted by molar-refractivity contribution is 0.169. The number of pyridine rings is 1. The van der Waals surface area contributed by atoms with Gasteiger partial charge in [0.15, 0.2) is 0 Å². The maximum atomic E-state index is 5.36. The van der Waals surface area contributed by atoms with Gasteiger partial charge in [-0.1, -0.05) is 0 Å². The number of anilines is 1. The Hall–Kier alpha value is -1.29. The first-order valence-corrected chi connectivity index (χ1v) is 7.33. The van der Waals surface area contributed by atoms with Gasteiger partial charge in [0.1, 0.15) is 0 Å². The van der Waals surface area contributed by atoms with Crippen molar-refractivity contribution in [2.75, 3.05) is 19.0 Å². The van der Waals surface area contributed by atoms with Crippen LogP contribution in [0.1, 0.15) is 32.6 Å². The number of nitrogens with zero attached hydrogens (tertiary/aromatic N) is 2. The molecule has 1 N–H and O–H groups in total. The van der Waals surface area contributed by atoms with Crippen LogP contribution in [0.3, 0.4) is 0 Å². The number of fused-ring (bicyclic) bond motifs is 2. The Morgan fingerprint density at radius 1 is 1.32 bits per heavy atom. The van der Waals surface area contributed by atoms with Crippen molar-refractivity contribution in [1.29, 1.82) is 0 Å². The fourth-order valence-electron chi connectivity index (χ4n) is 3.46. The molecule has 3 heterocycles. The molecule has 1 aromatic heterocycles. The molecule has 2 fully saturated rings. The van der Waals surface area contributed by atoms with Crippen molar-refractivity contribution in [3.63, 3.8) is 0 Å². The molecule has 0 radical (unpaired) electrons. The van der Waals surface area contributed by atoms with E-state index in [-0.39, 0.29) is 0 Å². The van der Waals surface area contributed by atoms with Crippen molar-refractivity contribution in [2.45, 2.75) is 50.7 Å². The summed E-state index contributed by atoms with van der Waals surface area (Å²) in [5.74, 6) is 0.705. The van der Waals surface area contributed by atoms with E-state index in [1.165, 1.54) is 25.7 Å². The molecular formula is C15H23N3O.